The Morgan fingerprint density at radius 1 is 0.971 bits per heavy atom. The molecule has 1 aliphatic heterocycles. The highest BCUT2D eigenvalue weighted by molar-refractivity contribution is 14.1. The van der Waals surface area contributed by atoms with E-state index in [9.17, 15) is 9.59 Å². The zero-order chi connectivity index (χ0) is 24.9. The maximum absolute atomic E-state index is 12.9. The second-order valence-corrected chi connectivity index (χ2v) is 10.2. The van der Waals surface area contributed by atoms with Crippen LogP contribution in [0.3, 0.4) is 0 Å². The number of hydrogen-bond acceptors (Lipinski definition) is 4. The van der Waals surface area contributed by atoms with Gasteiger partial charge in [0.15, 0.2) is 5.11 Å². The van der Waals surface area contributed by atoms with Crippen LogP contribution in [0.4, 0.5) is 11.4 Å². The summed E-state index contributed by atoms with van der Waals surface area (Å²) < 4.78 is 0.969. The van der Waals surface area contributed by atoms with E-state index in [2.05, 4.69) is 38.1 Å². The first kappa shape index (κ1) is 25.4. The number of amides is 2. The summed E-state index contributed by atoms with van der Waals surface area (Å²) in [4.78, 5) is 29.4. The summed E-state index contributed by atoms with van der Waals surface area (Å²) in [7, 11) is 0. The molecule has 0 unspecified atom stereocenters. The van der Waals surface area contributed by atoms with Gasteiger partial charge in [0.25, 0.3) is 11.8 Å². The van der Waals surface area contributed by atoms with Gasteiger partial charge in [-0.05, 0) is 89.8 Å². The number of thiocarbonyl (C=S) groups is 1. The summed E-state index contributed by atoms with van der Waals surface area (Å²) in [6.45, 7) is 4.58. The molecule has 0 radical (unpaired) electrons. The molecule has 6 nitrogen and oxygen atoms in total. The Bertz CT molecular complexity index is 1280. The van der Waals surface area contributed by atoms with Crippen molar-refractivity contribution in [2.24, 2.45) is 0 Å². The number of benzene rings is 3. The summed E-state index contributed by atoms with van der Waals surface area (Å²) in [6.07, 6.45) is 0. The fourth-order valence-corrected chi connectivity index (χ4v) is 5.00. The molecule has 1 heterocycles. The maximum atomic E-state index is 12.9. The van der Waals surface area contributed by atoms with Crippen LogP contribution >= 0.6 is 46.4 Å². The van der Waals surface area contributed by atoms with Crippen LogP contribution in [0, 0.1) is 10.5 Å². The van der Waals surface area contributed by atoms with Crippen LogP contribution in [0.15, 0.2) is 66.7 Å². The van der Waals surface area contributed by atoms with Gasteiger partial charge in [0.1, 0.15) is 0 Å². The summed E-state index contributed by atoms with van der Waals surface area (Å²) in [6, 6.07) is 20.5. The van der Waals surface area contributed by atoms with E-state index in [4.69, 9.17) is 23.8 Å². The van der Waals surface area contributed by atoms with Crippen molar-refractivity contribution in [3.63, 3.8) is 0 Å². The number of nitrogens with one attached hydrogen (secondary N) is 2. The third-order valence-corrected chi connectivity index (χ3v) is 6.98. The number of rotatable bonds is 4. The van der Waals surface area contributed by atoms with E-state index >= 15 is 0 Å². The summed E-state index contributed by atoms with van der Waals surface area (Å²) in [5.74, 6) is -0.212. The normalized spacial score (nSPS) is 13.3. The lowest BCUT2D eigenvalue weighted by Gasteiger charge is -2.36. The van der Waals surface area contributed by atoms with E-state index in [1.807, 2.05) is 60.4 Å². The fraction of sp³-hybridized carbons (Fsp3) is 0.192. The summed E-state index contributed by atoms with van der Waals surface area (Å²) in [5.41, 5.74) is 3.85. The van der Waals surface area contributed by atoms with Crippen molar-refractivity contribution in [3.8, 4) is 0 Å². The summed E-state index contributed by atoms with van der Waals surface area (Å²) >= 11 is 14.0. The van der Waals surface area contributed by atoms with E-state index < -0.39 is 0 Å². The minimum absolute atomic E-state index is 0.0640. The Kier molecular flexibility index (Phi) is 8.25. The Balaban J connectivity index is 1.34. The molecule has 0 spiro atoms. The average molecular weight is 619 g/mol. The zero-order valence-corrected chi connectivity index (χ0v) is 22.8. The van der Waals surface area contributed by atoms with E-state index in [0.717, 1.165) is 20.4 Å². The molecule has 2 N–H and O–H groups in total. The van der Waals surface area contributed by atoms with Crippen molar-refractivity contribution in [2.45, 2.75) is 6.92 Å². The van der Waals surface area contributed by atoms with Gasteiger partial charge in [-0.3, -0.25) is 14.9 Å². The van der Waals surface area contributed by atoms with Gasteiger partial charge in [-0.2, -0.15) is 0 Å². The van der Waals surface area contributed by atoms with Crippen LogP contribution in [-0.2, 0) is 0 Å². The van der Waals surface area contributed by atoms with Gasteiger partial charge in [0.2, 0.25) is 0 Å². The molecule has 9 heteroatoms. The number of anilines is 2. The molecule has 2 amide bonds. The van der Waals surface area contributed by atoms with Gasteiger partial charge >= 0.3 is 0 Å². The Morgan fingerprint density at radius 3 is 2.40 bits per heavy atom. The molecule has 1 saturated heterocycles. The lowest BCUT2D eigenvalue weighted by Crippen LogP contribution is -2.49. The molecule has 4 rings (SSSR count). The van der Waals surface area contributed by atoms with E-state index in [0.29, 0.717) is 42.5 Å². The smallest absolute Gasteiger partial charge is 0.257 e. The van der Waals surface area contributed by atoms with Crippen LogP contribution < -0.4 is 15.5 Å². The second kappa shape index (κ2) is 11.4. The van der Waals surface area contributed by atoms with Gasteiger partial charge < -0.3 is 15.1 Å². The maximum Gasteiger partial charge on any atom is 0.257 e. The largest absolute Gasteiger partial charge is 0.367 e. The van der Waals surface area contributed by atoms with Gasteiger partial charge in [0.05, 0.1) is 10.7 Å². The number of carbonyl (C=O) groups is 2. The van der Waals surface area contributed by atoms with Gasteiger partial charge in [-0.15, -0.1) is 0 Å². The summed E-state index contributed by atoms with van der Waals surface area (Å²) in [5, 5.41) is 6.47. The van der Waals surface area contributed by atoms with Crippen molar-refractivity contribution in [1.29, 1.82) is 0 Å². The van der Waals surface area contributed by atoms with Crippen LogP contribution in [0.1, 0.15) is 26.3 Å². The van der Waals surface area contributed by atoms with E-state index in [-0.39, 0.29) is 16.9 Å². The third-order valence-electron chi connectivity index (χ3n) is 5.80. The minimum Gasteiger partial charge on any atom is -0.367 e. The Morgan fingerprint density at radius 2 is 1.71 bits per heavy atom. The Hall–Kier alpha value is -2.69. The fourth-order valence-electron chi connectivity index (χ4n) is 3.94. The molecule has 3 aromatic carbocycles. The van der Waals surface area contributed by atoms with Gasteiger partial charge in [-0.1, -0.05) is 35.9 Å². The molecular formula is C26H24ClIN4O2S. The number of halogens is 2. The van der Waals surface area contributed by atoms with Crippen molar-refractivity contribution in [1.82, 2.24) is 10.2 Å². The molecule has 0 saturated carbocycles. The van der Waals surface area contributed by atoms with E-state index in [1.54, 1.807) is 18.2 Å². The van der Waals surface area contributed by atoms with Crippen LogP contribution in [0.2, 0.25) is 5.02 Å². The molecule has 1 fully saturated rings. The first-order valence-corrected chi connectivity index (χ1v) is 13.0. The molecule has 0 aromatic heterocycles. The van der Waals surface area contributed by atoms with Crippen molar-refractivity contribution in [3.05, 3.63) is 92.0 Å². The highest BCUT2D eigenvalue weighted by Crippen LogP contribution is 2.30. The average Bonchev–Trinajstić information content (AvgIpc) is 2.84. The first-order valence-electron chi connectivity index (χ1n) is 11.1. The number of hydrogen-bond donors (Lipinski definition) is 2. The molecular weight excluding hydrogens is 595 g/mol. The quantitative estimate of drug-likeness (QED) is 0.305. The highest BCUT2D eigenvalue weighted by atomic mass is 127. The second-order valence-electron chi connectivity index (χ2n) is 8.18. The molecule has 0 aliphatic carbocycles. The predicted molar refractivity (Wildman–Crippen MR) is 154 cm³/mol. The third kappa shape index (κ3) is 6.31. The van der Waals surface area contributed by atoms with Crippen LogP contribution in [-0.4, -0.2) is 48.0 Å². The van der Waals surface area contributed by atoms with E-state index in [1.165, 1.54) is 0 Å². The SMILES string of the molecule is Cc1ccccc1C(=O)N1CCN(c2ccc(NC(=S)NC(=O)c3cccc(I)c3)cc2Cl)CC1. The predicted octanol–water partition coefficient (Wildman–Crippen LogP) is 5.34. The van der Waals surface area contributed by atoms with Crippen LogP contribution in [0.25, 0.3) is 0 Å². The molecule has 1 aliphatic rings. The minimum atomic E-state index is -0.276. The highest BCUT2D eigenvalue weighted by Gasteiger charge is 2.24. The molecule has 0 atom stereocenters. The number of piperazine rings is 1. The molecule has 3 aromatic rings. The van der Waals surface area contributed by atoms with Gasteiger partial charge in [0, 0.05) is 46.6 Å². The molecule has 0 bridgehead atoms. The standard InChI is InChI=1S/C26H24ClIN4O2S/c1-17-5-2-3-8-21(17)25(34)32-13-11-31(12-14-32)23-10-9-20(16-22(23)27)29-26(35)30-24(33)18-6-4-7-19(28)15-18/h2-10,15-16H,11-14H2,1H3,(H2,29,30,33,35). The molecule has 35 heavy (non-hydrogen) atoms. The lowest BCUT2D eigenvalue weighted by atomic mass is 10.1. The first-order chi connectivity index (χ1) is 16.8. The van der Waals surface area contributed by atoms with Crippen molar-refractivity contribution in [2.75, 3.05) is 36.4 Å². The van der Waals surface area contributed by atoms with Crippen LogP contribution in [0.5, 0.6) is 0 Å². The number of nitrogens with zero attached hydrogens (tertiary/aromatic N) is 2. The van der Waals surface area contributed by atoms with Gasteiger partial charge in [-0.25, -0.2) is 0 Å². The Labute approximate surface area is 228 Å². The number of carbonyl (C=O) groups excluding carboxylic acids is 2. The zero-order valence-electron chi connectivity index (χ0n) is 19.1. The van der Waals surface area contributed by atoms with Crippen molar-refractivity contribution < 1.29 is 9.59 Å². The topological polar surface area (TPSA) is 64.7 Å². The van der Waals surface area contributed by atoms with Crippen molar-refractivity contribution >= 4 is 74.7 Å². The molecule has 180 valence electrons. The number of aryl methyl sites for hydroxylation is 1. The monoisotopic (exact) mass is 618 g/mol. The lowest BCUT2D eigenvalue weighted by molar-refractivity contribution is 0.0746.